The number of hydrogen-bond acceptors (Lipinski definition) is 8. The molecule has 224 valence electrons. The molecule has 12 heteroatoms. The number of piperidine rings is 1. The first-order valence-corrected chi connectivity index (χ1v) is 16.0. The Morgan fingerprint density at radius 3 is 2.29 bits per heavy atom. The highest BCUT2D eigenvalue weighted by molar-refractivity contribution is 7.92. The highest BCUT2D eigenvalue weighted by atomic mass is 32.2. The van der Waals surface area contributed by atoms with E-state index in [1.165, 1.54) is 12.1 Å². The second kappa shape index (κ2) is 13.5. The number of nitrogens with zero attached hydrogens (tertiary/aromatic N) is 2. The molecule has 1 saturated heterocycles. The van der Waals surface area contributed by atoms with Crippen molar-refractivity contribution in [2.75, 3.05) is 40.4 Å². The first-order chi connectivity index (χ1) is 19.5. The fourth-order valence-electron chi connectivity index (χ4n) is 5.72. The maximum absolute atomic E-state index is 12.8. The van der Waals surface area contributed by atoms with E-state index in [1.807, 2.05) is 24.3 Å². The molecule has 0 bridgehead atoms. The van der Waals surface area contributed by atoms with Crippen LogP contribution in [0.3, 0.4) is 0 Å². The number of amides is 1. The Morgan fingerprint density at radius 1 is 1.02 bits per heavy atom. The Kier molecular flexibility index (Phi) is 10.1. The van der Waals surface area contributed by atoms with Crippen LogP contribution in [0.2, 0.25) is 0 Å². The maximum Gasteiger partial charge on any atom is 0.312 e. The average Bonchev–Trinajstić information content (AvgIpc) is 2.93. The summed E-state index contributed by atoms with van der Waals surface area (Å²) in [4.78, 5) is 28.0. The number of carboxylic acids is 1. The molecule has 2 fully saturated rings. The van der Waals surface area contributed by atoms with Crippen molar-refractivity contribution in [3.05, 3.63) is 48.0 Å². The Bertz CT molecular complexity index is 1300. The van der Waals surface area contributed by atoms with Crippen LogP contribution in [-0.4, -0.2) is 73.6 Å². The van der Waals surface area contributed by atoms with Crippen LogP contribution in [-0.2, 0) is 19.6 Å². The van der Waals surface area contributed by atoms with Gasteiger partial charge in [-0.3, -0.25) is 14.3 Å². The number of aromatic hydroxyl groups is 1. The lowest BCUT2D eigenvalue weighted by Gasteiger charge is -2.36. The molecular formula is C29H40N4O7S. The van der Waals surface area contributed by atoms with Crippen LogP contribution in [0.25, 0.3) is 0 Å². The number of benzene rings is 2. The SMILES string of the molecule is CS(=O)(=O)Nc1cc([C@H](O)CNC2CCN(c3ccc(N(C(=O)CC(=O)O)C4CCCCC4)cc3)CC2)ccc1O. The maximum atomic E-state index is 12.8. The molecule has 1 amide bonds. The van der Waals surface area contributed by atoms with E-state index in [-0.39, 0.29) is 36.0 Å². The number of rotatable bonds is 11. The number of carbonyl (C=O) groups is 2. The van der Waals surface area contributed by atoms with E-state index < -0.39 is 28.5 Å². The minimum absolute atomic E-state index is 0.0245. The van der Waals surface area contributed by atoms with Crippen LogP contribution in [0.4, 0.5) is 17.1 Å². The topological polar surface area (TPSA) is 160 Å². The summed E-state index contributed by atoms with van der Waals surface area (Å²) < 4.78 is 25.3. The number of anilines is 3. The summed E-state index contributed by atoms with van der Waals surface area (Å²) in [6.45, 7) is 1.89. The molecule has 0 unspecified atom stereocenters. The summed E-state index contributed by atoms with van der Waals surface area (Å²) >= 11 is 0. The van der Waals surface area contributed by atoms with Crippen LogP contribution < -0.4 is 19.8 Å². The Hall–Kier alpha value is -3.35. The van der Waals surface area contributed by atoms with Crippen molar-refractivity contribution in [3.8, 4) is 5.75 Å². The number of carbonyl (C=O) groups excluding carboxylic acids is 1. The van der Waals surface area contributed by atoms with Crippen molar-refractivity contribution < 1.29 is 33.3 Å². The highest BCUT2D eigenvalue weighted by Gasteiger charge is 2.28. The molecule has 1 saturated carbocycles. The normalized spacial score (nSPS) is 17.7. The first kappa shape index (κ1) is 30.6. The molecule has 1 aliphatic heterocycles. The number of nitrogens with one attached hydrogen (secondary N) is 2. The summed E-state index contributed by atoms with van der Waals surface area (Å²) in [5.74, 6) is -1.71. The first-order valence-electron chi connectivity index (χ1n) is 14.1. The Balaban J connectivity index is 1.31. The summed E-state index contributed by atoms with van der Waals surface area (Å²) in [5.41, 5.74) is 2.29. The van der Waals surface area contributed by atoms with Crippen molar-refractivity contribution in [2.24, 2.45) is 0 Å². The average molecular weight is 589 g/mol. The van der Waals surface area contributed by atoms with Gasteiger partial charge >= 0.3 is 5.97 Å². The van der Waals surface area contributed by atoms with E-state index >= 15 is 0 Å². The standard InChI is InChI=1S/C29H40N4O7S/c1-41(39,40)31-25-17-20(7-12-26(25)34)27(35)19-30-21-13-15-32(16-14-21)22-8-10-24(11-9-22)33(28(36)18-29(37)38)23-5-3-2-4-6-23/h7-12,17,21,23,27,30-31,34-35H,2-6,13-16,18-19H2,1H3,(H,37,38)/t27-/m1/s1. The lowest BCUT2D eigenvalue weighted by Crippen LogP contribution is -2.44. The van der Waals surface area contributed by atoms with Crippen molar-refractivity contribution in [1.82, 2.24) is 5.32 Å². The van der Waals surface area contributed by atoms with E-state index in [4.69, 9.17) is 0 Å². The van der Waals surface area contributed by atoms with Crippen molar-refractivity contribution in [3.63, 3.8) is 0 Å². The van der Waals surface area contributed by atoms with Gasteiger partial charge in [0.15, 0.2) is 0 Å². The van der Waals surface area contributed by atoms with Gasteiger partial charge in [-0.25, -0.2) is 8.42 Å². The highest BCUT2D eigenvalue weighted by Crippen LogP contribution is 2.31. The van der Waals surface area contributed by atoms with Gasteiger partial charge in [-0.15, -0.1) is 0 Å². The Morgan fingerprint density at radius 2 is 1.68 bits per heavy atom. The van der Waals surface area contributed by atoms with Gasteiger partial charge in [-0.05, 0) is 67.6 Å². The zero-order valence-corrected chi connectivity index (χ0v) is 24.1. The fourth-order valence-corrected chi connectivity index (χ4v) is 6.28. The predicted octanol–water partition coefficient (Wildman–Crippen LogP) is 3.20. The number of phenols is 1. The number of sulfonamides is 1. The Labute approximate surface area is 241 Å². The van der Waals surface area contributed by atoms with Gasteiger partial charge in [-0.1, -0.05) is 25.3 Å². The molecule has 0 aromatic heterocycles. The molecule has 5 N–H and O–H groups in total. The monoisotopic (exact) mass is 588 g/mol. The lowest BCUT2D eigenvalue weighted by atomic mass is 9.93. The summed E-state index contributed by atoms with van der Waals surface area (Å²) in [6, 6.07) is 12.4. The van der Waals surface area contributed by atoms with Crippen molar-refractivity contribution in [1.29, 1.82) is 0 Å². The predicted molar refractivity (Wildman–Crippen MR) is 158 cm³/mol. The number of carboxylic acid groups (broad SMARTS) is 1. The molecule has 2 aromatic carbocycles. The van der Waals surface area contributed by atoms with Crippen LogP contribution in [0, 0.1) is 0 Å². The third-order valence-corrected chi connectivity index (χ3v) is 8.39. The largest absolute Gasteiger partial charge is 0.506 e. The van der Waals surface area contributed by atoms with Gasteiger partial charge in [0, 0.05) is 43.1 Å². The quantitative estimate of drug-likeness (QED) is 0.196. The molecule has 11 nitrogen and oxygen atoms in total. The van der Waals surface area contributed by atoms with Crippen molar-refractivity contribution >= 4 is 39.0 Å². The molecule has 41 heavy (non-hydrogen) atoms. The molecule has 0 radical (unpaired) electrons. The number of phenolic OH excluding ortho intramolecular Hbond substituents is 1. The molecule has 1 heterocycles. The summed E-state index contributed by atoms with van der Waals surface area (Å²) in [7, 11) is -3.57. The van der Waals surface area contributed by atoms with Crippen LogP contribution >= 0.6 is 0 Å². The van der Waals surface area contributed by atoms with E-state index in [1.54, 1.807) is 11.0 Å². The van der Waals surface area contributed by atoms with Gasteiger partial charge in [0.05, 0.1) is 18.0 Å². The minimum atomic E-state index is -3.57. The summed E-state index contributed by atoms with van der Waals surface area (Å²) in [6.07, 6.45) is 6.30. The molecule has 0 spiro atoms. The molecule has 4 rings (SSSR count). The second-order valence-corrected chi connectivity index (χ2v) is 12.7. The van der Waals surface area contributed by atoms with E-state index in [9.17, 15) is 33.3 Å². The number of aliphatic hydroxyl groups excluding tert-OH is 1. The molecular weight excluding hydrogens is 548 g/mol. The van der Waals surface area contributed by atoms with Gasteiger partial charge in [0.2, 0.25) is 15.9 Å². The van der Waals surface area contributed by atoms with Crippen LogP contribution in [0.5, 0.6) is 5.75 Å². The zero-order valence-electron chi connectivity index (χ0n) is 23.3. The van der Waals surface area contributed by atoms with Gasteiger partial charge in [0.1, 0.15) is 12.2 Å². The van der Waals surface area contributed by atoms with E-state index in [2.05, 4.69) is 14.9 Å². The van der Waals surface area contributed by atoms with Crippen molar-refractivity contribution in [2.45, 2.75) is 69.6 Å². The number of aliphatic hydroxyl groups is 1. The number of hydrogen-bond donors (Lipinski definition) is 5. The van der Waals surface area contributed by atoms with Crippen LogP contribution in [0.15, 0.2) is 42.5 Å². The van der Waals surface area contributed by atoms with E-state index in [0.29, 0.717) is 5.56 Å². The molecule has 2 aliphatic rings. The van der Waals surface area contributed by atoms with Gasteiger partial charge in [0.25, 0.3) is 0 Å². The second-order valence-electron chi connectivity index (χ2n) is 11.0. The molecule has 1 aliphatic carbocycles. The zero-order chi connectivity index (χ0) is 29.6. The smallest absolute Gasteiger partial charge is 0.312 e. The third kappa shape index (κ3) is 8.57. The number of aliphatic carboxylic acids is 1. The molecule has 2 aromatic rings. The molecule has 1 atom stereocenters. The summed E-state index contributed by atoms with van der Waals surface area (Å²) in [5, 5.41) is 33.2. The van der Waals surface area contributed by atoms with Crippen LogP contribution in [0.1, 0.15) is 63.0 Å². The fraction of sp³-hybridized carbons (Fsp3) is 0.517. The third-order valence-electron chi connectivity index (χ3n) is 7.80. The van der Waals surface area contributed by atoms with E-state index in [0.717, 1.165) is 75.7 Å². The minimum Gasteiger partial charge on any atom is -0.506 e. The van der Waals surface area contributed by atoms with Gasteiger partial charge < -0.3 is 30.4 Å². The lowest BCUT2D eigenvalue weighted by molar-refractivity contribution is -0.140. The van der Waals surface area contributed by atoms with Gasteiger partial charge in [-0.2, -0.15) is 0 Å².